The SMILES string of the molecule is CC(C)N(CCCCO)c1cnc(-c2ccccc2)c(-c2ccccc2)n1.CC(C)NCCCCO.Ic1cnc(-c2ccccc2)c(-c2ccccc2)n1. The summed E-state index contributed by atoms with van der Waals surface area (Å²) in [6.07, 6.45) is 7.39. The van der Waals surface area contributed by atoms with Crippen LogP contribution in [0, 0.1) is 3.70 Å². The third-order valence-electron chi connectivity index (χ3n) is 8.55. The Kier molecular flexibility index (Phi) is 18.9. The number of hydrogen-bond donors (Lipinski definition) is 3. The van der Waals surface area contributed by atoms with Gasteiger partial charge in [0.15, 0.2) is 0 Å². The molecule has 288 valence electrons. The van der Waals surface area contributed by atoms with Crippen molar-refractivity contribution in [3.63, 3.8) is 0 Å². The molecular weight excluding hydrogens is 795 g/mol. The molecule has 6 rings (SSSR count). The van der Waals surface area contributed by atoms with Crippen LogP contribution in [0.4, 0.5) is 5.82 Å². The quantitative estimate of drug-likeness (QED) is 0.0693. The zero-order valence-electron chi connectivity index (χ0n) is 32.5. The molecule has 0 atom stereocenters. The van der Waals surface area contributed by atoms with Gasteiger partial charge in [-0.05, 0) is 68.7 Å². The van der Waals surface area contributed by atoms with Gasteiger partial charge in [-0.1, -0.05) is 135 Å². The van der Waals surface area contributed by atoms with E-state index in [0.29, 0.717) is 18.7 Å². The Morgan fingerprint density at radius 1 is 0.545 bits per heavy atom. The van der Waals surface area contributed by atoms with Crippen LogP contribution in [0.3, 0.4) is 0 Å². The molecule has 0 unspecified atom stereocenters. The number of unbranched alkanes of at least 4 members (excludes halogenated alkanes) is 2. The number of rotatable bonds is 15. The first-order valence-electron chi connectivity index (χ1n) is 19.1. The van der Waals surface area contributed by atoms with Crippen molar-refractivity contribution in [3.8, 4) is 45.0 Å². The Labute approximate surface area is 341 Å². The average Bonchev–Trinajstić information content (AvgIpc) is 3.22. The van der Waals surface area contributed by atoms with Crippen molar-refractivity contribution in [1.82, 2.24) is 25.3 Å². The van der Waals surface area contributed by atoms with Gasteiger partial charge in [-0.25, -0.2) is 9.97 Å². The fourth-order valence-corrected chi connectivity index (χ4v) is 6.13. The second kappa shape index (κ2) is 24.1. The highest BCUT2D eigenvalue weighted by atomic mass is 127. The van der Waals surface area contributed by atoms with E-state index in [9.17, 15) is 0 Å². The van der Waals surface area contributed by atoms with Gasteiger partial charge >= 0.3 is 0 Å². The van der Waals surface area contributed by atoms with E-state index in [4.69, 9.17) is 20.2 Å². The Morgan fingerprint density at radius 3 is 1.40 bits per heavy atom. The number of anilines is 1. The van der Waals surface area contributed by atoms with Gasteiger partial charge in [0, 0.05) is 54.1 Å². The predicted octanol–water partition coefficient (Wildman–Crippen LogP) is 9.97. The van der Waals surface area contributed by atoms with Crippen molar-refractivity contribution in [3.05, 3.63) is 137 Å². The van der Waals surface area contributed by atoms with Crippen LogP contribution in [0.15, 0.2) is 134 Å². The van der Waals surface area contributed by atoms with Gasteiger partial charge in [0.1, 0.15) is 9.52 Å². The van der Waals surface area contributed by atoms with Gasteiger partial charge in [-0.3, -0.25) is 9.97 Å². The molecule has 0 spiro atoms. The molecule has 8 nitrogen and oxygen atoms in total. The molecule has 2 heterocycles. The molecule has 2 aromatic heterocycles. The molecule has 4 aromatic carbocycles. The lowest BCUT2D eigenvalue weighted by atomic mass is 10.0. The molecule has 55 heavy (non-hydrogen) atoms. The molecule has 0 radical (unpaired) electrons. The molecular formula is C46H55IN6O2. The first-order valence-corrected chi connectivity index (χ1v) is 20.2. The maximum atomic E-state index is 9.10. The number of hydrogen-bond acceptors (Lipinski definition) is 8. The van der Waals surface area contributed by atoms with Crippen molar-refractivity contribution in [2.24, 2.45) is 0 Å². The molecule has 0 saturated heterocycles. The summed E-state index contributed by atoms with van der Waals surface area (Å²) in [6.45, 7) is 11.0. The summed E-state index contributed by atoms with van der Waals surface area (Å²) >= 11 is 2.19. The van der Waals surface area contributed by atoms with Crippen LogP contribution >= 0.6 is 22.6 Å². The summed E-state index contributed by atoms with van der Waals surface area (Å²) in [7, 11) is 0. The molecule has 0 bridgehead atoms. The fraction of sp³-hybridized carbons (Fsp3) is 0.304. The lowest BCUT2D eigenvalue weighted by molar-refractivity contribution is 0.283. The zero-order chi connectivity index (χ0) is 39.3. The van der Waals surface area contributed by atoms with Crippen molar-refractivity contribution < 1.29 is 10.2 Å². The lowest BCUT2D eigenvalue weighted by Crippen LogP contribution is -2.32. The summed E-state index contributed by atoms with van der Waals surface area (Å²) < 4.78 is 0.899. The maximum absolute atomic E-state index is 9.10. The maximum Gasteiger partial charge on any atom is 0.148 e. The van der Waals surface area contributed by atoms with Gasteiger partial charge in [-0.2, -0.15) is 0 Å². The van der Waals surface area contributed by atoms with E-state index in [2.05, 4.69) is 119 Å². The van der Waals surface area contributed by atoms with Crippen LogP contribution in [0.2, 0.25) is 0 Å². The van der Waals surface area contributed by atoms with E-state index in [1.807, 2.05) is 79.0 Å². The van der Waals surface area contributed by atoms with Crippen LogP contribution in [-0.4, -0.2) is 68.5 Å². The van der Waals surface area contributed by atoms with Gasteiger partial charge in [0.2, 0.25) is 0 Å². The number of aliphatic hydroxyl groups excluding tert-OH is 2. The minimum absolute atomic E-state index is 0.222. The Morgan fingerprint density at radius 2 is 0.964 bits per heavy atom. The molecule has 0 aliphatic heterocycles. The van der Waals surface area contributed by atoms with Crippen LogP contribution < -0.4 is 10.2 Å². The normalized spacial score (nSPS) is 10.7. The Balaban J connectivity index is 0.000000208. The van der Waals surface area contributed by atoms with E-state index < -0.39 is 0 Å². The number of nitrogens with one attached hydrogen (secondary N) is 1. The molecule has 0 saturated carbocycles. The van der Waals surface area contributed by atoms with E-state index in [1.165, 1.54) is 0 Å². The standard InChI is InChI=1S/C23H27N3O.C16H11IN2.C7H17NO/c1-18(2)26(15-9-10-16-27)21-17-24-22(19-11-5-3-6-12-19)23(25-21)20-13-7-4-8-14-20;17-14-11-18-15(12-7-3-1-4-8-12)16(19-14)13-9-5-2-6-10-13;1-7(2)8-5-3-4-6-9/h3-8,11-14,17-18,27H,9-10,15-16H2,1-2H3;1-11H;7-9H,3-6H2,1-2H3. The zero-order valence-corrected chi connectivity index (χ0v) is 34.7. The first-order chi connectivity index (χ1) is 26.8. The predicted molar refractivity (Wildman–Crippen MR) is 237 cm³/mol. The van der Waals surface area contributed by atoms with E-state index >= 15 is 0 Å². The number of benzene rings is 4. The van der Waals surface area contributed by atoms with Crippen LogP contribution in [0.5, 0.6) is 0 Å². The minimum atomic E-state index is 0.222. The summed E-state index contributed by atoms with van der Waals surface area (Å²) in [6, 6.07) is 41.6. The van der Waals surface area contributed by atoms with Crippen LogP contribution in [0.1, 0.15) is 53.4 Å². The number of nitrogens with zero attached hydrogens (tertiary/aromatic N) is 5. The fourth-order valence-electron chi connectivity index (χ4n) is 5.75. The van der Waals surface area contributed by atoms with E-state index in [1.54, 1.807) is 6.20 Å². The Bertz CT molecular complexity index is 1930. The highest BCUT2D eigenvalue weighted by Crippen LogP contribution is 2.31. The van der Waals surface area contributed by atoms with Crippen LogP contribution in [-0.2, 0) is 0 Å². The smallest absolute Gasteiger partial charge is 0.148 e. The second-order valence-electron chi connectivity index (χ2n) is 13.5. The Hall–Kier alpha value is -4.55. The van der Waals surface area contributed by atoms with Crippen molar-refractivity contribution in [2.45, 2.75) is 65.5 Å². The average molecular weight is 851 g/mol. The monoisotopic (exact) mass is 850 g/mol. The van der Waals surface area contributed by atoms with E-state index in [-0.39, 0.29) is 6.61 Å². The topological polar surface area (TPSA) is 107 Å². The molecule has 3 N–H and O–H groups in total. The summed E-state index contributed by atoms with van der Waals surface area (Å²) in [5.74, 6) is 0.876. The third-order valence-corrected chi connectivity index (χ3v) is 9.07. The first kappa shape index (κ1) is 43.2. The molecule has 0 fully saturated rings. The molecule has 6 aromatic rings. The number of aliphatic hydroxyl groups is 2. The largest absolute Gasteiger partial charge is 0.396 e. The van der Waals surface area contributed by atoms with Crippen LogP contribution in [0.25, 0.3) is 45.0 Å². The van der Waals surface area contributed by atoms with Crippen molar-refractivity contribution in [1.29, 1.82) is 0 Å². The highest BCUT2D eigenvalue weighted by Gasteiger charge is 2.17. The van der Waals surface area contributed by atoms with Gasteiger partial charge in [-0.15, -0.1) is 0 Å². The molecule has 0 aliphatic carbocycles. The van der Waals surface area contributed by atoms with Gasteiger partial charge < -0.3 is 20.4 Å². The summed E-state index contributed by atoms with van der Waals surface area (Å²) in [5.41, 5.74) is 7.94. The van der Waals surface area contributed by atoms with Crippen molar-refractivity contribution >= 4 is 28.4 Å². The summed E-state index contributed by atoms with van der Waals surface area (Å²) in [5, 5.41) is 20.8. The lowest BCUT2D eigenvalue weighted by Gasteiger charge is -2.28. The van der Waals surface area contributed by atoms with Gasteiger partial charge in [0.05, 0.1) is 35.2 Å². The molecule has 0 aliphatic rings. The number of aromatic nitrogens is 4. The van der Waals surface area contributed by atoms with Crippen molar-refractivity contribution in [2.75, 3.05) is 31.2 Å². The molecule has 0 amide bonds. The second-order valence-corrected chi connectivity index (χ2v) is 14.6. The minimum Gasteiger partial charge on any atom is -0.396 e. The molecule has 9 heteroatoms. The summed E-state index contributed by atoms with van der Waals surface area (Å²) in [4.78, 5) is 21.3. The third kappa shape index (κ3) is 14.2. The van der Waals surface area contributed by atoms with Gasteiger partial charge in [0.25, 0.3) is 0 Å². The van der Waals surface area contributed by atoms with E-state index in [0.717, 1.165) is 93.3 Å². The number of halogens is 1. The highest BCUT2D eigenvalue weighted by molar-refractivity contribution is 14.1.